The molecule has 0 saturated heterocycles. The van der Waals surface area contributed by atoms with Crippen molar-refractivity contribution in [2.24, 2.45) is 0 Å². The Kier molecular flexibility index (Phi) is 7.69. The Morgan fingerprint density at radius 2 is 1.78 bits per heavy atom. The second-order valence-corrected chi connectivity index (χ2v) is 6.85. The van der Waals surface area contributed by atoms with Crippen molar-refractivity contribution >= 4 is 46.8 Å². The van der Waals surface area contributed by atoms with E-state index in [0.29, 0.717) is 5.69 Å². The minimum atomic E-state index is -0.928. The van der Waals surface area contributed by atoms with E-state index < -0.39 is 30.4 Å². The molecule has 0 aromatic heterocycles. The molecule has 0 spiro atoms. The van der Waals surface area contributed by atoms with Crippen molar-refractivity contribution in [3.8, 4) is 0 Å². The zero-order valence-corrected chi connectivity index (χ0v) is 16.4. The molecule has 1 atom stereocenters. The number of thioether (sulfide) groups is 1. The zero-order chi connectivity index (χ0) is 19.8. The molecule has 27 heavy (non-hydrogen) atoms. The average Bonchev–Trinajstić information content (AvgIpc) is 2.66. The van der Waals surface area contributed by atoms with Crippen LogP contribution in [0.15, 0.2) is 53.4 Å². The van der Waals surface area contributed by atoms with Crippen molar-refractivity contribution in [1.29, 1.82) is 0 Å². The monoisotopic (exact) mass is 406 g/mol. The van der Waals surface area contributed by atoms with E-state index in [0.717, 1.165) is 4.90 Å². The molecule has 2 rings (SSSR count). The molecule has 2 aromatic rings. The van der Waals surface area contributed by atoms with Crippen molar-refractivity contribution in [2.45, 2.75) is 17.9 Å². The summed E-state index contributed by atoms with van der Waals surface area (Å²) in [5, 5.41) is 5.40. The van der Waals surface area contributed by atoms with Crippen molar-refractivity contribution in [3.05, 3.63) is 59.1 Å². The zero-order valence-electron chi connectivity index (χ0n) is 14.8. The number of nitrogens with one attached hydrogen (secondary N) is 2. The van der Waals surface area contributed by atoms with Crippen LogP contribution in [0.2, 0.25) is 5.02 Å². The van der Waals surface area contributed by atoms with E-state index in [1.165, 1.54) is 6.92 Å². The molecule has 8 heteroatoms. The van der Waals surface area contributed by atoms with Crippen LogP contribution in [0.1, 0.15) is 17.3 Å². The minimum absolute atomic E-state index is 0.255. The molecule has 2 N–H and O–H groups in total. The molecule has 0 unspecified atom stereocenters. The summed E-state index contributed by atoms with van der Waals surface area (Å²) in [7, 11) is 0. The summed E-state index contributed by atoms with van der Waals surface area (Å²) in [4.78, 5) is 37.1. The van der Waals surface area contributed by atoms with E-state index >= 15 is 0 Å². The highest BCUT2D eigenvalue weighted by Crippen LogP contribution is 2.17. The standard InChI is InChI=1S/C19H19ClN2O4S/c1-12(21-18(24)15-5-3-4-6-16(15)20)19(25)26-11-17(23)22-13-7-9-14(27-2)10-8-13/h3-10,12H,11H2,1-2H3,(H,21,24)(H,22,23)/t12-/m0/s1. The van der Waals surface area contributed by atoms with Gasteiger partial charge in [-0.05, 0) is 49.6 Å². The normalized spacial score (nSPS) is 11.4. The van der Waals surface area contributed by atoms with Crippen LogP contribution in [0.3, 0.4) is 0 Å². The van der Waals surface area contributed by atoms with Gasteiger partial charge in [0, 0.05) is 10.6 Å². The summed E-state index contributed by atoms with van der Waals surface area (Å²) in [5.74, 6) is -1.68. The summed E-state index contributed by atoms with van der Waals surface area (Å²) in [5.41, 5.74) is 0.860. The van der Waals surface area contributed by atoms with Crippen LogP contribution in [0.25, 0.3) is 0 Å². The van der Waals surface area contributed by atoms with E-state index in [1.54, 1.807) is 48.2 Å². The van der Waals surface area contributed by atoms with Gasteiger partial charge in [0.2, 0.25) is 0 Å². The first-order chi connectivity index (χ1) is 12.9. The first-order valence-electron chi connectivity index (χ1n) is 8.06. The van der Waals surface area contributed by atoms with Crippen molar-refractivity contribution in [1.82, 2.24) is 5.32 Å². The van der Waals surface area contributed by atoms with Crippen LogP contribution in [0.4, 0.5) is 5.69 Å². The fourth-order valence-corrected chi connectivity index (χ4v) is 2.74. The third kappa shape index (κ3) is 6.30. The molecule has 0 aliphatic rings. The lowest BCUT2D eigenvalue weighted by molar-refractivity contribution is -0.148. The van der Waals surface area contributed by atoms with Gasteiger partial charge in [0.1, 0.15) is 6.04 Å². The van der Waals surface area contributed by atoms with Crippen LogP contribution in [0, 0.1) is 0 Å². The fraction of sp³-hybridized carbons (Fsp3) is 0.211. The Balaban J connectivity index is 1.80. The third-order valence-corrected chi connectivity index (χ3v) is 4.61. The number of carbonyl (C=O) groups excluding carboxylic acids is 3. The van der Waals surface area contributed by atoms with Gasteiger partial charge < -0.3 is 15.4 Å². The van der Waals surface area contributed by atoms with Crippen molar-refractivity contribution in [3.63, 3.8) is 0 Å². The summed E-state index contributed by atoms with van der Waals surface area (Å²) in [6.07, 6.45) is 1.96. The molecule has 6 nitrogen and oxygen atoms in total. The van der Waals surface area contributed by atoms with E-state index in [4.69, 9.17) is 16.3 Å². The van der Waals surface area contributed by atoms with Gasteiger partial charge in [-0.1, -0.05) is 23.7 Å². The number of carbonyl (C=O) groups is 3. The predicted molar refractivity (Wildman–Crippen MR) is 106 cm³/mol. The molecule has 142 valence electrons. The van der Waals surface area contributed by atoms with E-state index in [1.807, 2.05) is 18.4 Å². The number of hydrogen-bond acceptors (Lipinski definition) is 5. The SMILES string of the molecule is CSc1ccc(NC(=O)COC(=O)[C@H](C)NC(=O)c2ccccc2Cl)cc1. The lowest BCUT2D eigenvalue weighted by atomic mass is 10.2. The van der Waals surface area contributed by atoms with Crippen LogP contribution in [-0.2, 0) is 14.3 Å². The number of amides is 2. The summed E-state index contributed by atoms with van der Waals surface area (Å²) >= 11 is 7.54. The molecular formula is C19H19ClN2O4S. The molecule has 0 bridgehead atoms. The molecule has 0 saturated carbocycles. The van der Waals surface area contributed by atoms with Crippen LogP contribution < -0.4 is 10.6 Å². The van der Waals surface area contributed by atoms with Crippen LogP contribution >= 0.6 is 23.4 Å². The second kappa shape index (κ2) is 9.99. The lowest BCUT2D eigenvalue weighted by Crippen LogP contribution is -2.40. The molecule has 2 aromatic carbocycles. The van der Waals surface area contributed by atoms with E-state index in [2.05, 4.69) is 10.6 Å². The Labute approximate surface area is 166 Å². The third-order valence-electron chi connectivity index (χ3n) is 3.54. The lowest BCUT2D eigenvalue weighted by Gasteiger charge is -2.14. The number of rotatable bonds is 7. The Morgan fingerprint density at radius 1 is 1.11 bits per heavy atom. The van der Waals surface area contributed by atoms with Gasteiger partial charge in [0.15, 0.2) is 6.61 Å². The molecule has 0 aliphatic carbocycles. The fourth-order valence-electron chi connectivity index (χ4n) is 2.11. The topological polar surface area (TPSA) is 84.5 Å². The highest BCUT2D eigenvalue weighted by atomic mass is 35.5. The number of halogens is 1. The number of esters is 1. The van der Waals surface area contributed by atoms with Crippen molar-refractivity contribution < 1.29 is 19.1 Å². The number of benzene rings is 2. The molecule has 2 amide bonds. The minimum Gasteiger partial charge on any atom is -0.454 e. The summed E-state index contributed by atoms with van der Waals surface area (Å²) < 4.78 is 4.95. The summed E-state index contributed by atoms with van der Waals surface area (Å²) in [6.45, 7) is 1.02. The Bertz CT molecular complexity index is 827. The Morgan fingerprint density at radius 3 is 2.41 bits per heavy atom. The maximum absolute atomic E-state index is 12.1. The summed E-state index contributed by atoms with van der Waals surface area (Å²) in [6, 6.07) is 12.8. The molecule has 0 heterocycles. The molecular weight excluding hydrogens is 388 g/mol. The average molecular weight is 407 g/mol. The smallest absolute Gasteiger partial charge is 0.328 e. The first kappa shape index (κ1) is 20.8. The maximum atomic E-state index is 12.1. The van der Waals surface area contributed by atoms with Gasteiger partial charge in [-0.3, -0.25) is 9.59 Å². The number of ether oxygens (including phenoxy) is 1. The number of anilines is 1. The van der Waals surface area contributed by atoms with E-state index in [-0.39, 0.29) is 10.6 Å². The van der Waals surface area contributed by atoms with Gasteiger partial charge in [0.05, 0.1) is 10.6 Å². The highest BCUT2D eigenvalue weighted by molar-refractivity contribution is 7.98. The quantitative estimate of drug-likeness (QED) is 0.544. The van der Waals surface area contributed by atoms with Gasteiger partial charge in [-0.25, -0.2) is 4.79 Å². The first-order valence-corrected chi connectivity index (χ1v) is 9.67. The largest absolute Gasteiger partial charge is 0.454 e. The Hall–Kier alpha value is -2.51. The highest BCUT2D eigenvalue weighted by Gasteiger charge is 2.20. The molecule has 0 fully saturated rings. The predicted octanol–water partition coefficient (Wildman–Crippen LogP) is 3.36. The second-order valence-electron chi connectivity index (χ2n) is 5.56. The van der Waals surface area contributed by atoms with Gasteiger partial charge >= 0.3 is 5.97 Å². The van der Waals surface area contributed by atoms with Gasteiger partial charge in [-0.2, -0.15) is 0 Å². The van der Waals surface area contributed by atoms with Gasteiger partial charge in [0.25, 0.3) is 11.8 Å². The molecule has 0 radical (unpaired) electrons. The van der Waals surface area contributed by atoms with Crippen LogP contribution in [0.5, 0.6) is 0 Å². The molecule has 0 aliphatic heterocycles. The number of hydrogen-bond donors (Lipinski definition) is 2. The van der Waals surface area contributed by atoms with Gasteiger partial charge in [-0.15, -0.1) is 11.8 Å². The van der Waals surface area contributed by atoms with E-state index in [9.17, 15) is 14.4 Å². The van der Waals surface area contributed by atoms with Crippen molar-refractivity contribution in [2.75, 3.05) is 18.2 Å². The van der Waals surface area contributed by atoms with Crippen LogP contribution in [-0.4, -0.2) is 36.7 Å². The maximum Gasteiger partial charge on any atom is 0.328 e.